The molecule has 2 unspecified atom stereocenters. The predicted octanol–water partition coefficient (Wildman–Crippen LogP) is 3.69. The average molecular weight is 261 g/mol. The maximum atomic E-state index is 5.89. The fraction of sp³-hybridized carbons (Fsp3) is 0.647. The van der Waals surface area contributed by atoms with Crippen LogP contribution in [0.2, 0.25) is 0 Å². The first-order chi connectivity index (χ1) is 9.15. The zero-order valence-corrected chi connectivity index (χ0v) is 12.5. The average Bonchev–Trinajstić information content (AvgIpc) is 2.46. The number of hydrogen-bond acceptors (Lipinski definition) is 2. The van der Waals surface area contributed by atoms with Gasteiger partial charge in [-0.2, -0.15) is 0 Å². The van der Waals surface area contributed by atoms with Gasteiger partial charge in [0.2, 0.25) is 0 Å². The molecule has 1 aliphatic rings. The molecule has 0 spiro atoms. The van der Waals surface area contributed by atoms with Crippen LogP contribution >= 0.6 is 0 Å². The summed E-state index contributed by atoms with van der Waals surface area (Å²) < 4.78 is 5.89. The van der Waals surface area contributed by atoms with Crippen LogP contribution in [0, 0.1) is 0 Å². The molecule has 2 atom stereocenters. The van der Waals surface area contributed by atoms with Gasteiger partial charge in [0.05, 0.1) is 5.60 Å². The van der Waals surface area contributed by atoms with Crippen LogP contribution in [0.25, 0.3) is 0 Å². The molecule has 1 aliphatic heterocycles. The van der Waals surface area contributed by atoms with E-state index in [9.17, 15) is 0 Å². The van der Waals surface area contributed by atoms with E-state index in [4.69, 9.17) is 4.74 Å². The molecular weight excluding hydrogens is 234 g/mol. The maximum Gasteiger partial charge on any atom is 0.0666 e. The molecule has 1 aromatic rings. The van der Waals surface area contributed by atoms with Crippen molar-refractivity contribution in [2.75, 3.05) is 6.61 Å². The third-order valence-electron chi connectivity index (χ3n) is 4.37. The molecule has 0 amide bonds. The maximum absolute atomic E-state index is 5.89. The Hall–Kier alpha value is -0.860. The van der Waals surface area contributed by atoms with E-state index in [1.807, 2.05) is 0 Å². The minimum atomic E-state index is 0.0714. The number of rotatable bonds is 5. The highest BCUT2D eigenvalue weighted by atomic mass is 16.5. The van der Waals surface area contributed by atoms with Gasteiger partial charge >= 0.3 is 0 Å². The van der Waals surface area contributed by atoms with Gasteiger partial charge in [0.15, 0.2) is 0 Å². The second-order valence-electron chi connectivity index (χ2n) is 5.89. The summed E-state index contributed by atoms with van der Waals surface area (Å²) in [5, 5.41) is 3.68. The van der Waals surface area contributed by atoms with E-state index in [-0.39, 0.29) is 5.60 Å². The van der Waals surface area contributed by atoms with Crippen LogP contribution in [-0.2, 0) is 17.7 Å². The van der Waals surface area contributed by atoms with Crippen LogP contribution in [0.3, 0.4) is 0 Å². The lowest BCUT2D eigenvalue weighted by molar-refractivity contribution is -0.0781. The molecule has 0 bridgehead atoms. The molecule has 2 rings (SSSR count). The Balaban J connectivity index is 1.84. The van der Waals surface area contributed by atoms with E-state index in [0.717, 1.165) is 38.8 Å². The van der Waals surface area contributed by atoms with Crippen molar-refractivity contribution in [1.29, 1.82) is 0 Å². The Labute approximate surface area is 117 Å². The number of aryl methyl sites for hydroxylation is 1. The Morgan fingerprint density at radius 3 is 2.53 bits per heavy atom. The minimum Gasteiger partial charge on any atom is -0.375 e. The highest BCUT2D eigenvalue weighted by Gasteiger charge is 2.31. The fourth-order valence-corrected chi connectivity index (χ4v) is 2.71. The standard InChI is InChI=1S/C17H27NO/c1-4-14-6-8-15(9-7-14)13-18-16-10-11-19-17(3,5-2)12-16/h6-9,16,18H,4-5,10-13H2,1-3H3. The lowest BCUT2D eigenvalue weighted by Crippen LogP contribution is -2.44. The smallest absolute Gasteiger partial charge is 0.0666 e. The van der Waals surface area contributed by atoms with E-state index in [1.54, 1.807) is 0 Å². The van der Waals surface area contributed by atoms with Gasteiger partial charge in [-0.1, -0.05) is 38.1 Å². The molecule has 1 saturated heterocycles. The van der Waals surface area contributed by atoms with Crippen molar-refractivity contribution in [3.05, 3.63) is 35.4 Å². The number of ether oxygens (including phenoxy) is 1. The van der Waals surface area contributed by atoms with Crippen LogP contribution < -0.4 is 5.32 Å². The lowest BCUT2D eigenvalue weighted by atomic mass is 9.90. The monoisotopic (exact) mass is 261 g/mol. The summed E-state index contributed by atoms with van der Waals surface area (Å²) in [5.41, 5.74) is 2.86. The third kappa shape index (κ3) is 4.05. The zero-order chi connectivity index (χ0) is 13.7. The first-order valence-electron chi connectivity index (χ1n) is 7.60. The van der Waals surface area contributed by atoms with E-state index in [2.05, 4.69) is 50.4 Å². The molecule has 0 aromatic heterocycles. The second kappa shape index (κ2) is 6.53. The molecule has 0 aliphatic carbocycles. The van der Waals surface area contributed by atoms with Gasteiger partial charge < -0.3 is 10.1 Å². The molecular formula is C17H27NO. The van der Waals surface area contributed by atoms with Gasteiger partial charge in [-0.3, -0.25) is 0 Å². The van der Waals surface area contributed by atoms with Crippen LogP contribution in [-0.4, -0.2) is 18.2 Å². The Morgan fingerprint density at radius 2 is 1.89 bits per heavy atom. The molecule has 0 radical (unpaired) electrons. The molecule has 1 fully saturated rings. The number of benzene rings is 1. The van der Waals surface area contributed by atoms with Gasteiger partial charge in [0.1, 0.15) is 0 Å². The van der Waals surface area contributed by atoms with Gasteiger partial charge in [-0.15, -0.1) is 0 Å². The van der Waals surface area contributed by atoms with Crippen molar-refractivity contribution < 1.29 is 4.74 Å². The van der Waals surface area contributed by atoms with Gasteiger partial charge in [-0.05, 0) is 43.7 Å². The predicted molar refractivity (Wildman–Crippen MR) is 80.3 cm³/mol. The summed E-state index contributed by atoms with van der Waals surface area (Å²) in [6.07, 6.45) is 4.46. The topological polar surface area (TPSA) is 21.3 Å². The van der Waals surface area contributed by atoms with Gasteiger partial charge in [-0.25, -0.2) is 0 Å². The first-order valence-corrected chi connectivity index (χ1v) is 7.60. The van der Waals surface area contributed by atoms with Gasteiger partial charge in [0.25, 0.3) is 0 Å². The van der Waals surface area contributed by atoms with Crippen LogP contribution in [0.15, 0.2) is 24.3 Å². The van der Waals surface area contributed by atoms with Crippen molar-refractivity contribution in [1.82, 2.24) is 5.32 Å². The molecule has 1 aromatic carbocycles. The normalized spacial score (nSPS) is 27.4. The number of nitrogens with one attached hydrogen (secondary N) is 1. The van der Waals surface area contributed by atoms with Gasteiger partial charge in [0, 0.05) is 19.2 Å². The minimum absolute atomic E-state index is 0.0714. The number of hydrogen-bond donors (Lipinski definition) is 1. The van der Waals surface area contributed by atoms with Crippen LogP contribution in [0.1, 0.15) is 51.2 Å². The highest BCUT2D eigenvalue weighted by Crippen LogP contribution is 2.27. The molecule has 1 N–H and O–H groups in total. The summed E-state index contributed by atoms with van der Waals surface area (Å²) >= 11 is 0. The molecule has 106 valence electrons. The lowest BCUT2D eigenvalue weighted by Gasteiger charge is -2.38. The van der Waals surface area contributed by atoms with Crippen molar-refractivity contribution in [3.63, 3.8) is 0 Å². The van der Waals surface area contributed by atoms with Crippen LogP contribution in [0.4, 0.5) is 0 Å². The molecule has 2 heteroatoms. The Morgan fingerprint density at radius 1 is 1.21 bits per heavy atom. The third-order valence-corrected chi connectivity index (χ3v) is 4.37. The fourth-order valence-electron chi connectivity index (χ4n) is 2.71. The Bertz CT molecular complexity index is 387. The molecule has 2 nitrogen and oxygen atoms in total. The van der Waals surface area contributed by atoms with E-state index in [1.165, 1.54) is 11.1 Å². The van der Waals surface area contributed by atoms with Crippen molar-refractivity contribution in [2.24, 2.45) is 0 Å². The largest absolute Gasteiger partial charge is 0.375 e. The first kappa shape index (κ1) is 14.5. The molecule has 1 heterocycles. The molecule has 0 saturated carbocycles. The quantitative estimate of drug-likeness (QED) is 0.873. The van der Waals surface area contributed by atoms with Crippen molar-refractivity contribution in [2.45, 2.75) is 64.6 Å². The van der Waals surface area contributed by atoms with Crippen molar-refractivity contribution >= 4 is 0 Å². The summed E-state index contributed by atoms with van der Waals surface area (Å²) in [4.78, 5) is 0. The zero-order valence-electron chi connectivity index (χ0n) is 12.5. The SMILES string of the molecule is CCc1ccc(CNC2CCOC(C)(CC)C2)cc1. The van der Waals surface area contributed by atoms with Crippen LogP contribution in [0.5, 0.6) is 0 Å². The summed E-state index contributed by atoms with van der Waals surface area (Å²) in [6.45, 7) is 8.49. The summed E-state index contributed by atoms with van der Waals surface area (Å²) in [6, 6.07) is 9.53. The second-order valence-corrected chi connectivity index (χ2v) is 5.89. The summed E-state index contributed by atoms with van der Waals surface area (Å²) in [5.74, 6) is 0. The van der Waals surface area contributed by atoms with Crippen molar-refractivity contribution in [3.8, 4) is 0 Å². The van der Waals surface area contributed by atoms with E-state index < -0.39 is 0 Å². The van der Waals surface area contributed by atoms with E-state index in [0.29, 0.717) is 6.04 Å². The molecule has 19 heavy (non-hydrogen) atoms. The Kier molecular flexibility index (Phi) is 5.00. The highest BCUT2D eigenvalue weighted by molar-refractivity contribution is 5.22. The summed E-state index contributed by atoms with van der Waals surface area (Å²) in [7, 11) is 0. The van der Waals surface area contributed by atoms with E-state index >= 15 is 0 Å².